The number of hydrogen-bond acceptors (Lipinski definition) is 4. The smallest absolute Gasteiger partial charge is 0.221 e. The predicted molar refractivity (Wildman–Crippen MR) is 54.5 cm³/mol. The van der Waals surface area contributed by atoms with Crippen LogP contribution in [0.15, 0.2) is 24.9 Å². The van der Waals surface area contributed by atoms with E-state index in [0.29, 0.717) is 5.95 Å². The van der Waals surface area contributed by atoms with Gasteiger partial charge in [-0.3, -0.25) is 0 Å². The van der Waals surface area contributed by atoms with Crippen LogP contribution in [0.2, 0.25) is 0 Å². The van der Waals surface area contributed by atoms with Crippen molar-refractivity contribution < 1.29 is 0 Å². The molecule has 0 spiro atoms. The van der Waals surface area contributed by atoms with Crippen LogP contribution in [-0.2, 0) is 0 Å². The zero-order valence-electron chi connectivity index (χ0n) is 7.77. The maximum absolute atomic E-state index is 5.47. The monoisotopic (exact) mass is 178 g/mol. The third kappa shape index (κ3) is 2.43. The van der Waals surface area contributed by atoms with E-state index in [1.807, 2.05) is 12.1 Å². The summed E-state index contributed by atoms with van der Waals surface area (Å²) in [7, 11) is 0. The lowest BCUT2D eigenvalue weighted by Crippen LogP contribution is -2.23. The van der Waals surface area contributed by atoms with Crippen LogP contribution in [0.5, 0.6) is 0 Å². The van der Waals surface area contributed by atoms with E-state index in [9.17, 15) is 0 Å². The second-order valence-corrected chi connectivity index (χ2v) is 2.60. The summed E-state index contributed by atoms with van der Waals surface area (Å²) >= 11 is 0. The van der Waals surface area contributed by atoms with Crippen LogP contribution in [0, 0.1) is 0 Å². The highest BCUT2D eigenvalue weighted by Crippen LogP contribution is 2.09. The highest BCUT2D eigenvalue weighted by molar-refractivity contribution is 5.41. The van der Waals surface area contributed by atoms with Gasteiger partial charge in [-0.2, -0.15) is 4.98 Å². The van der Waals surface area contributed by atoms with Crippen LogP contribution in [0.25, 0.3) is 0 Å². The van der Waals surface area contributed by atoms with Gasteiger partial charge in [0.05, 0.1) is 0 Å². The third-order valence-corrected chi connectivity index (χ3v) is 1.71. The highest BCUT2D eigenvalue weighted by atomic mass is 15.2. The van der Waals surface area contributed by atoms with E-state index in [1.165, 1.54) is 0 Å². The molecule has 0 radical (unpaired) electrons. The van der Waals surface area contributed by atoms with E-state index >= 15 is 0 Å². The lowest BCUT2D eigenvalue weighted by molar-refractivity contribution is 0.879. The average Bonchev–Trinajstić information content (AvgIpc) is 2.14. The number of anilines is 2. The second-order valence-electron chi connectivity index (χ2n) is 2.60. The molecule has 0 saturated heterocycles. The average molecular weight is 178 g/mol. The van der Waals surface area contributed by atoms with Gasteiger partial charge in [-0.05, 0) is 13.0 Å². The van der Waals surface area contributed by atoms with Crippen molar-refractivity contribution in [3.05, 3.63) is 24.9 Å². The van der Waals surface area contributed by atoms with E-state index in [2.05, 4.69) is 28.4 Å². The fraction of sp³-hybridized carbons (Fsp3) is 0.333. The van der Waals surface area contributed by atoms with Crippen molar-refractivity contribution in [3.8, 4) is 0 Å². The minimum Gasteiger partial charge on any atom is -0.368 e. The number of aromatic nitrogens is 2. The zero-order chi connectivity index (χ0) is 9.68. The van der Waals surface area contributed by atoms with Gasteiger partial charge in [0.2, 0.25) is 5.95 Å². The zero-order valence-corrected chi connectivity index (χ0v) is 7.77. The Bertz CT molecular complexity index is 285. The Labute approximate surface area is 78.1 Å². The van der Waals surface area contributed by atoms with E-state index < -0.39 is 0 Å². The highest BCUT2D eigenvalue weighted by Gasteiger charge is 2.03. The predicted octanol–water partition coefficient (Wildman–Crippen LogP) is 1.07. The fourth-order valence-electron chi connectivity index (χ4n) is 1.08. The normalized spacial score (nSPS) is 9.62. The molecule has 0 atom stereocenters. The van der Waals surface area contributed by atoms with Gasteiger partial charge >= 0.3 is 0 Å². The Morgan fingerprint density at radius 2 is 2.46 bits per heavy atom. The van der Waals surface area contributed by atoms with Gasteiger partial charge in [0.1, 0.15) is 5.82 Å². The molecule has 2 N–H and O–H groups in total. The molecule has 0 fully saturated rings. The molecule has 0 aromatic carbocycles. The number of likely N-dealkylation sites (N-methyl/N-ethyl adjacent to an activating group) is 1. The molecule has 0 unspecified atom stereocenters. The maximum atomic E-state index is 5.47. The number of nitrogens with zero attached hydrogens (tertiary/aromatic N) is 3. The Kier molecular flexibility index (Phi) is 3.25. The van der Waals surface area contributed by atoms with Crippen molar-refractivity contribution in [2.24, 2.45) is 0 Å². The summed E-state index contributed by atoms with van der Waals surface area (Å²) in [5.74, 6) is 1.15. The van der Waals surface area contributed by atoms with Crippen molar-refractivity contribution in [3.63, 3.8) is 0 Å². The van der Waals surface area contributed by atoms with E-state index in [0.717, 1.165) is 18.9 Å². The summed E-state index contributed by atoms with van der Waals surface area (Å²) in [5.41, 5.74) is 5.47. The third-order valence-electron chi connectivity index (χ3n) is 1.71. The summed E-state index contributed by atoms with van der Waals surface area (Å²) in [6.45, 7) is 7.39. The largest absolute Gasteiger partial charge is 0.368 e. The first-order chi connectivity index (χ1) is 6.27. The molecular weight excluding hydrogens is 164 g/mol. The van der Waals surface area contributed by atoms with Gasteiger partial charge in [-0.25, -0.2) is 4.98 Å². The van der Waals surface area contributed by atoms with Crippen LogP contribution in [0.4, 0.5) is 11.8 Å². The minimum atomic E-state index is 0.306. The van der Waals surface area contributed by atoms with Gasteiger partial charge in [0.15, 0.2) is 0 Å². The molecule has 0 aliphatic heterocycles. The van der Waals surface area contributed by atoms with Crippen LogP contribution in [0.3, 0.4) is 0 Å². The topological polar surface area (TPSA) is 55.0 Å². The standard InChI is InChI=1S/C9H14N4/c1-3-7-13(4-2)8-5-6-11-9(10)12-8/h3,5-6H,1,4,7H2,2H3,(H2,10,11,12). The summed E-state index contributed by atoms with van der Waals surface area (Å²) in [6.07, 6.45) is 3.49. The molecule has 0 bridgehead atoms. The number of rotatable bonds is 4. The summed E-state index contributed by atoms with van der Waals surface area (Å²) in [4.78, 5) is 10.00. The lowest BCUT2D eigenvalue weighted by Gasteiger charge is -2.19. The second kappa shape index (κ2) is 4.45. The number of nitrogen functional groups attached to an aromatic ring is 1. The maximum Gasteiger partial charge on any atom is 0.221 e. The molecule has 1 heterocycles. The van der Waals surface area contributed by atoms with Gasteiger partial charge < -0.3 is 10.6 Å². The van der Waals surface area contributed by atoms with Gasteiger partial charge in [0, 0.05) is 19.3 Å². The van der Waals surface area contributed by atoms with Crippen molar-refractivity contribution in [2.75, 3.05) is 23.7 Å². The van der Waals surface area contributed by atoms with Crippen molar-refractivity contribution in [1.29, 1.82) is 0 Å². The van der Waals surface area contributed by atoms with Gasteiger partial charge in [-0.1, -0.05) is 6.08 Å². The Hall–Kier alpha value is -1.58. The van der Waals surface area contributed by atoms with Crippen LogP contribution in [-0.4, -0.2) is 23.1 Å². The molecule has 1 aromatic heterocycles. The molecule has 0 aliphatic carbocycles. The molecular formula is C9H14N4. The Morgan fingerprint density at radius 1 is 1.69 bits per heavy atom. The molecule has 70 valence electrons. The fourth-order valence-corrected chi connectivity index (χ4v) is 1.08. The van der Waals surface area contributed by atoms with E-state index in [1.54, 1.807) is 6.20 Å². The first-order valence-corrected chi connectivity index (χ1v) is 4.22. The molecule has 4 nitrogen and oxygen atoms in total. The number of nitrogens with two attached hydrogens (primary N) is 1. The molecule has 0 aliphatic rings. The number of hydrogen-bond donors (Lipinski definition) is 1. The molecule has 4 heteroatoms. The van der Waals surface area contributed by atoms with E-state index in [4.69, 9.17) is 5.73 Å². The molecule has 13 heavy (non-hydrogen) atoms. The van der Waals surface area contributed by atoms with Crippen molar-refractivity contribution in [2.45, 2.75) is 6.92 Å². The Balaban J connectivity index is 2.84. The summed E-state index contributed by atoms with van der Waals surface area (Å²) in [6, 6.07) is 1.84. The van der Waals surface area contributed by atoms with Crippen molar-refractivity contribution >= 4 is 11.8 Å². The van der Waals surface area contributed by atoms with Crippen LogP contribution < -0.4 is 10.6 Å². The van der Waals surface area contributed by atoms with Gasteiger partial charge in [-0.15, -0.1) is 6.58 Å². The van der Waals surface area contributed by atoms with Crippen LogP contribution in [0.1, 0.15) is 6.92 Å². The van der Waals surface area contributed by atoms with Gasteiger partial charge in [0.25, 0.3) is 0 Å². The first kappa shape index (κ1) is 9.51. The SMILES string of the molecule is C=CCN(CC)c1ccnc(N)n1. The summed E-state index contributed by atoms with van der Waals surface area (Å²) < 4.78 is 0. The first-order valence-electron chi connectivity index (χ1n) is 4.22. The Morgan fingerprint density at radius 3 is 3.00 bits per heavy atom. The lowest BCUT2D eigenvalue weighted by atomic mass is 10.4. The minimum absolute atomic E-state index is 0.306. The molecule has 0 amide bonds. The van der Waals surface area contributed by atoms with E-state index in [-0.39, 0.29) is 0 Å². The van der Waals surface area contributed by atoms with Crippen LogP contribution >= 0.6 is 0 Å². The molecule has 1 aromatic rings. The summed E-state index contributed by atoms with van der Waals surface area (Å²) in [5, 5.41) is 0. The quantitative estimate of drug-likeness (QED) is 0.701. The molecule has 0 saturated carbocycles. The van der Waals surface area contributed by atoms with Crippen molar-refractivity contribution in [1.82, 2.24) is 9.97 Å². The molecule has 1 rings (SSSR count).